The van der Waals surface area contributed by atoms with Gasteiger partial charge < -0.3 is 0 Å². The maximum atomic E-state index is 14.1. The van der Waals surface area contributed by atoms with Crippen molar-refractivity contribution in [2.24, 2.45) is 0 Å². The maximum absolute atomic E-state index is 14.1. The summed E-state index contributed by atoms with van der Waals surface area (Å²) in [7, 11) is 0. The fraction of sp³-hybridized carbons (Fsp3) is 0.154. The van der Waals surface area contributed by atoms with Crippen molar-refractivity contribution in [3.05, 3.63) is 60.2 Å². The van der Waals surface area contributed by atoms with Crippen LogP contribution < -0.4 is 0 Å². The highest BCUT2D eigenvalue weighted by molar-refractivity contribution is 6.38. The van der Waals surface area contributed by atoms with Gasteiger partial charge >= 0.3 is 24.2 Å². The number of hydrogen-bond donors (Lipinski definition) is 0. The molecule has 7 rings (SSSR count). The third kappa shape index (κ3) is 2.98. The maximum Gasteiger partial charge on any atom is 0.461 e. The lowest BCUT2D eigenvalue weighted by Crippen LogP contribution is -2.35. The Labute approximate surface area is 213 Å². The van der Waals surface area contributed by atoms with Crippen LogP contribution in [0.2, 0.25) is 0 Å². The Morgan fingerprint density at radius 3 is 0.825 bits per heavy atom. The zero-order chi connectivity index (χ0) is 28.6. The van der Waals surface area contributed by atoms with Crippen LogP contribution in [0.15, 0.2) is 48.5 Å². The van der Waals surface area contributed by atoms with Crippen molar-refractivity contribution in [2.45, 2.75) is 24.2 Å². The number of aromatic nitrogens is 4. The molecule has 0 bridgehead atoms. The quantitative estimate of drug-likeness (QED) is 0.120. The van der Waals surface area contributed by atoms with Gasteiger partial charge in [-0.25, -0.2) is 19.9 Å². The Balaban J connectivity index is 1.58. The average molecular weight is 566 g/mol. The summed E-state index contributed by atoms with van der Waals surface area (Å²) in [5.74, 6) is -14.0. The third-order valence-electron chi connectivity index (χ3n) is 6.99. The summed E-state index contributed by atoms with van der Waals surface area (Å²) in [5.41, 5.74) is -0.621. The summed E-state index contributed by atoms with van der Waals surface area (Å²) in [6.07, 6.45) is -11.8. The zero-order valence-electron chi connectivity index (χ0n) is 19.2. The van der Waals surface area contributed by atoms with Crippen LogP contribution in [0, 0.1) is 0 Å². The van der Waals surface area contributed by atoms with Gasteiger partial charge in [0, 0.05) is 21.5 Å². The van der Waals surface area contributed by atoms with Gasteiger partial charge in [0.05, 0.1) is 22.1 Å². The molecule has 5 aromatic carbocycles. The van der Waals surface area contributed by atoms with Crippen LogP contribution in [-0.4, -0.2) is 32.3 Å². The number of alkyl halides is 10. The van der Waals surface area contributed by atoms with Crippen LogP contribution >= 0.6 is 0 Å². The van der Waals surface area contributed by atoms with Crippen molar-refractivity contribution in [1.82, 2.24) is 19.9 Å². The van der Waals surface area contributed by atoms with Gasteiger partial charge in [0.25, 0.3) is 0 Å². The first-order valence-corrected chi connectivity index (χ1v) is 11.3. The third-order valence-corrected chi connectivity index (χ3v) is 6.99. The molecule has 0 N–H and O–H groups in total. The second kappa shape index (κ2) is 7.23. The van der Waals surface area contributed by atoms with Crippen LogP contribution in [0.5, 0.6) is 0 Å². The van der Waals surface area contributed by atoms with E-state index >= 15 is 0 Å². The molecule has 0 fully saturated rings. The Hall–Kier alpha value is -4.36. The molecular weight excluding hydrogens is 558 g/mol. The monoisotopic (exact) mass is 566 g/mol. The summed E-state index contributed by atoms with van der Waals surface area (Å²) >= 11 is 0. The minimum absolute atomic E-state index is 0.155. The summed E-state index contributed by atoms with van der Waals surface area (Å²) < 4.78 is 134. The largest absolute Gasteiger partial charge is 0.461 e. The summed E-state index contributed by atoms with van der Waals surface area (Å²) in [6, 6.07) is 10.9. The number of hydrogen-bond acceptors (Lipinski definition) is 4. The minimum Gasteiger partial charge on any atom is -0.227 e. The van der Waals surface area contributed by atoms with Crippen LogP contribution in [0.1, 0.15) is 11.6 Å². The van der Waals surface area contributed by atoms with Gasteiger partial charge in [-0.3, -0.25) is 0 Å². The summed E-state index contributed by atoms with van der Waals surface area (Å²) in [6.45, 7) is 0. The molecule has 0 radical (unpaired) electrons. The molecule has 40 heavy (non-hydrogen) atoms. The van der Waals surface area contributed by atoms with Crippen LogP contribution in [0.25, 0.3) is 65.2 Å². The highest BCUT2D eigenvalue weighted by Gasteiger charge is 2.62. The fourth-order valence-corrected chi connectivity index (χ4v) is 5.23. The predicted molar refractivity (Wildman–Crippen MR) is 125 cm³/mol. The molecule has 0 atom stereocenters. The summed E-state index contributed by atoms with van der Waals surface area (Å²) in [5, 5.41) is 3.35. The van der Waals surface area contributed by atoms with Crippen molar-refractivity contribution >= 4 is 65.2 Å². The van der Waals surface area contributed by atoms with E-state index in [2.05, 4.69) is 19.9 Å². The molecule has 0 spiro atoms. The molecular formula is C26H8F10N4. The molecule has 0 aliphatic heterocycles. The molecule has 0 aliphatic rings. The van der Waals surface area contributed by atoms with Gasteiger partial charge in [-0.1, -0.05) is 24.3 Å². The number of benzene rings is 5. The van der Waals surface area contributed by atoms with Gasteiger partial charge in [0.1, 0.15) is 0 Å². The van der Waals surface area contributed by atoms with Gasteiger partial charge in [-0.15, -0.1) is 0 Å². The molecule has 202 valence electrons. The van der Waals surface area contributed by atoms with Crippen molar-refractivity contribution < 1.29 is 43.9 Å². The number of nitrogens with zero attached hydrogens (tertiary/aromatic N) is 4. The topological polar surface area (TPSA) is 51.6 Å². The number of halogens is 10. The fourth-order valence-electron chi connectivity index (χ4n) is 5.23. The minimum atomic E-state index is -5.91. The Kier molecular flexibility index (Phi) is 4.46. The molecule has 0 saturated carbocycles. The molecule has 14 heteroatoms. The van der Waals surface area contributed by atoms with Crippen LogP contribution in [0.4, 0.5) is 43.9 Å². The van der Waals surface area contributed by atoms with E-state index in [1.165, 1.54) is 48.5 Å². The first kappa shape index (κ1) is 24.7. The van der Waals surface area contributed by atoms with Crippen molar-refractivity contribution in [3.8, 4) is 0 Å². The highest BCUT2D eigenvalue weighted by Crippen LogP contribution is 2.48. The molecule has 2 heterocycles. The van der Waals surface area contributed by atoms with Gasteiger partial charge in [-0.2, -0.15) is 43.9 Å². The van der Waals surface area contributed by atoms with E-state index in [0.717, 1.165) is 0 Å². The van der Waals surface area contributed by atoms with Crippen molar-refractivity contribution in [2.75, 3.05) is 0 Å². The standard InChI is InChI=1S/C26H8F10N4/c27-23(28,25(31,32)33)21-37-13-5-1-9-10-2-6-15-20-16(40-22(39-15)24(29,30)26(34,35)36)8-4-12(18(10)20)11-3-7-14(38-21)19(13)17(9)11/h1-8H. The van der Waals surface area contributed by atoms with E-state index in [1.54, 1.807) is 0 Å². The molecule has 0 saturated heterocycles. The van der Waals surface area contributed by atoms with E-state index in [0.29, 0.717) is 32.3 Å². The molecule has 0 unspecified atom stereocenters. The Morgan fingerprint density at radius 2 is 0.600 bits per heavy atom. The number of fused-ring (bicyclic) bond motifs is 2. The second-order valence-electron chi connectivity index (χ2n) is 9.27. The smallest absolute Gasteiger partial charge is 0.227 e. The molecule has 2 aromatic heterocycles. The lowest BCUT2D eigenvalue weighted by atomic mass is 9.88. The molecule has 0 amide bonds. The van der Waals surface area contributed by atoms with E-state index in [1.807, 2.05) is 0 Å². The van der Waals surface area contributed by atoms with E-state index in [-0.39, 0.29) is 32.8 Å². The average Bonchev–Trinajstić information content (AvgIpc) is 2.88. The van der Waals surface area contributed by atoms with Crippen LogP contribution in [0.3, 0.4) is 0 Å². The molecule has 7 aromatic rings. The van der Waals surface area contributed by atoms with Gasteiger partial charge in [0.2, 0.25) is 11.6 Å². The predicted octanol–water partition coefficient (Wildman–Crippen LogP) is 8.37. The SMILES string of the molecule is FC(F)(F)C(F)(F)c1nc2ccc3c4ccc5nc(C(F)(F)C(F)(F)F)nc6ccc(c7ccc(n1)c2c37)c4c56. The Bertz CT molecular complexity index is 1880. The Morgan fingerprint density at radius 1 is 0.350 bits per heavy atom. The molecule has 0 aliphatic carbocycles. The van der Waals surface area contributed by atoms with Gasteiger partial charge in [-0.05, 0) is 45.8 Å². The normalized spacial score (nSPS) is 14.2. The zero-order valence-corrected chi connectivity index (χ0v) is 19.2. The lowest BCUT2D eigenvalue weighted by molar-refractivity contribution is -0.292. The van der Waals surface area contributed by atoms with Gasteiger partial charge in [0.15, 0.2) is 0 Å². The summed E-state index contributed by atoms with van der Waals surface area (Å²) in [4.78, 5) is 14.1. The first-order chi connectivity index (χ1) is 18.6. The van der Waals surface area contributed by atoms with Crippen molar-refractivity contribution in [3.63, 3.8) is 0 Å². The first-order valence-electron chi connectivity index (χ1n) is 11.3. The second-order valence-corrected chi connectivity index (χ2v) is 9.27. The van der Waals surface area contributed by atoms with Crippen molar-refractivity contribution in [1.29, 1.82) is 0 Å². The van der Waals surface area contributed by atoms with Crippen LogP contribution in [-0.2, 0) is 11.8 Å². The highest BCUT2D eigenvalue weighted by atomic mass is 19.4. The van der Waals surface area contributed by atoms with E-state index in [9.17, 15) is 43.9 Å². The van der Waals surface area contributed by atoms with E-state index in [4.69, 9.17) is 0 Å². The lowest BCUT2D eigenvalue weighted by Gasteiger charge is -2.21. The number of rotatable bonds is 2. The molecule has 4 nitrogen and oxygen atoms in total. The van der Waals surface area contributed by atoms with E-state index < -0.39 is 35.8 Å².